The molecule has 0 saturated heterocycles. The molecule has 1 fully saturated rings. The Labute approximate surface area is 99.8 Å². The fourth-order valence-corrected chi connectivity index (χ4v) is 2.22. The normalized spacial score (nSPS) is 24.6. The van der Waals surface area contributed by atoms with Gasteiger partial charge < -0.3 is 16.2 Å². The van der Waals surface area contributed by atoms with Crippen molar-refractivity contribution in [1.29, 1.82) is 0 Å². The Bertz CT molecular complexity index is 372. The monoisotopic (exact) mass is 241 g/mol. The van der Waals surface area contributed by atoms with Crippen molar-refractivity contribution in [3.8, 4) is 0 Å². The first-order chi connectivity index (χ1) is 7.66. The molecular weight excluding hydrogens is 226 g/mol. The summed E-state index contributed by atoms with van der Waals surface area (Å²) in [6, 6.07) is 3.38. The second kappa shape index (κ2) is 4.89. The van der Waals surface area contributed by atoms with Gasteiger partial charge in [-0.05, 0) is 25.0 Å². The van der Waals surface area contributed by atoms with E-state index in [4.69, 9.17) is 17.3 Å². The fourth-order valence-electron chi connectivity index (χ4n) is 2.07. The Hall–Kier alpha value is -1.00. The van der Waals surface area contributed by atoms with Crippen LogP contribution >= 0.6 is 11.6 Å². The summed E-state index contributed by atoms with van der Waals surface area (Å²) in [6.45, 7) is 0.693. The minimum Gasteiger partial charge on any atom is -0.396 e. The number of aromatic nitrogens is 1. The van der Waals surface area contributed by atoms with E-state index in [-0.39, 0.29) is 6.10 Å². The maximum atomic E-state index is 9.67. The van der Waals surface area contributed by atoms with E-state index in [0.29, 0.717) is 29.1 Å². The molecule has 0 aliphatic heterocycles. The highest BCUT2D eigenvalue weighted by atomic mass is 35.5. The Morgan fingerprint density at radius 1 is 1.50 bits per heavy atom. The Kier molecular flexibility index (Phi) is 3.51. The lowest BCUT2D eigenvalue weighted by atomic mass is 10.1. The highest BCUT2D eigenvalue weighted by Gasteiger charge is 2.24. The third-order valence-corrected chi connectivity index (χ3v) is 3.25. The van der Waals surface area contributed by atoms with Crippen molar-refractivity contribution in [2.45, 2.75) is 25.4 Å². The summed E-state index contributed by atoms with van der Waals surface area (Å²) in [5.74, 6) is 0.895. The highest BCUT2D eigenvalue weighted by Crippen LogP contribution is 2.26. The molecule has 0 radical (unpaired) electrons. The molecule has 1 saturated carbocycles. The van der Waals surface area contributed by atoms with Gasteiger partial charge in [0.15, 0.2) is 5.82 Å². The molecule has 4 nitrogen and oxygen atoms in total. The summed E-state index contributed by atoms with van der Waals surface area (Å²) < 4.78 is 0. The number of nitrogens with zero attached hydrogens (tertiary/aromatic N) is 1. The molecule has 1 aliphatic rings. The third kappa shape index (κ3) is 2.57. The van der Waals surface area contributed by atoms with Gasteiger partial charge in [-0.25, -0.2) is 4.98 Å². The zero-order valence-corrected chi connectivity index (χ0v) is 9.74. The van der Waals surface area contributed by atoms with Crippen LogP contribution in [0.25, 0.3) is 0 Å². The molecule has 5 heteroatoms. The molecule has 0 aromatic carbocycles. The summed E-state index contributed by atoms with van der Waals surface area (Å²) in [5, 5.41) is 13.2. The molecule has 1 aromatic rings. The van der Waals surface area contributed by atoms with E-state index in [1.807, 2.05) is 0 Å². The lowest BCUT2D eigenvalue weighted by molar-refractivity contribution is 0.138. The second-order valence-corrected chi connectivity index (χ2v) is 4.60. The van der Waals surface area contributed by atoms with Crippen molar-refractivity contribution in [2.24, 2.45) is 5.92 Å². The average molecular weight is 242 g/mol. The number of anilines is 2. The lowest BCUT2D eigenvalue weighted by Crippen LogP contribution is -2.22. The third-order valence-electron chi connectivity index (χ3n) is 3.04. The van der Waals surface area contributed by atoms with Crippen molar-refractivity contribution in [3.63, 3.8) is 0 Å². The zero-order chi connectivity index (χ0) is 11.5. The number of nitrogen functional groups attached to an aromatic ring is 1. The number of nitrogens with one attached hydrogen (secondary N) is 1. The Balaban J connectivity index is 1.96. The molecule has 4 N–H and O–H groups in total. The first kappa shape index (κ1) is 11.5. The molecule has 2 rings (SSSR count). The molecule has 1 aliphatic carbocycles. The van der Waals surface area contributed by atoms with Gasteiger partial charge in [0, 0.05) is 12.5 Å². The van der Waals surface area contributed by atoms with E-state index in [9.17, 15) is 5.11 Å². The smallest absolute Gasteiger partial charge is 0.150 e. The number of nitrogens with two attached hydrogens (primary N) is 1. The van der Waals surface area contributed by atoms with Crippen LogP contribution in [0.3, 0.4) is 0 Å². The predicted octanol–water partition coefficient (Wildman–Crippen LogP) is 1.89. The maximum absolute atomic E-state index is 9.67. The fraction of sp³-hybridized carbons (Fsp3) is 0.545. The van der Waals surface area contributed by atoms with Crippen LogP contribution in [0, 0.1) is 5.92 Å². The minimum absolute atomic E-state index is 0.201. The molecule has 2 atom stereocenters. The molecule has 16 heavy (non-hydrogen) atoms. The van der Waals surface area contributed by atoms with Gasteiger partial charge in [-0.15, -0.1) is 0 Å². The standard InChI is InChI=1S/C11H16ClN3O/c12-10-5-4-8(13)11(15-10)14-6-7-2-1-3-9(7)16/h4-5,7,9,16H,1-3,6,13H2,(H,14,15). The number of halogens is 1. The SMILES string of the molecule is Nc1ccc(Cl)nc1NCC1CCCC1O. The van der Waals surface area contributed by atoms with Gasteiger partial charge in [0.2, 0.25) is 0 Å². The van der Waals surface area contributed by atoms with Crippen LogP contribution in [0.4, 0.5) is 11.5 Å². The molecular formula is C11H16ClN3O. The van der Waals surface area contributed by atoms with Crippen LogP contribution in [0.5, 0.6) is 0 Å². The first-order valence-electron chi connectivity index (χ1n) is 5.51. The molecule has 1 heterocycles. The minimum atomic E-state index is -0.201. The topological polar surface area (TPSA) is 71.2 Å². The molecule has 0 spiro atoms. The number of aliphatic hydroxyl groups is 1. The summed E-state index contributed by atoms with van der Waals surface area (Å²) in [5.41, 5.74) is 6.34. The van der Waals surface area contributed by atoms with Crippen LogP contribution in [0.1, 0.15) is 19.3 Å². The highest BCUT2D eigenvalue weighted by molar-refractivity contribution is 6.29. The summed E-state index contributed by atoms with van der Waals surface area (Å²) in [6.07, 6.45) is 2.83. The predicted molar refractivity (Wildman–Crippen MR) is 65.5 cm³/mol. The number of hydrogen-bond donors (Lipinski definition) is 3. The lowest BCUT2D eigenvalue weighted by Gasteiger charge is -2.16. The number of pyridine rings is 1. The quantitative estimate of drug-likeness (QED) is 0.707. The number of rotatable bonds is 3. The number of hydrogen-bond acceptors (Lipinski definition) is 4. The van der Waals surface area contributed by atoms with Gasteiger partial charge in [0.25, 0.3) is 0 Å². The molecule has 1 aromatic heterocycles. The molecule has 2 unspecified atom stereocenters. The van der Waals surface area contributed by atoms with Gasteiger partial charge in [0.05, 0.1) is 11.8 Å². The van der Waals surface area contributed by atoms with Crippen LogP contribution in [0.2, 0.25) is 5.15 Å². The van der Waals surface area contributed by atoms with E-state index in [1.54, 1.807) is 12.1 Å². The van der Waals surface area contributed by atoms with Crippen LogP contribution in [-0.2, 0) is 0 Å². The maximum Gasteiger partial charge on any atom is 0.150 e. The Morgan fingerprint density at radius 2 is 2.31 bits per heavy atom. The molecule has 88 valence electrons. The van der Waals surface area contributed by atoms with E-state index in [2.05, 4.69) is 10.3 Å². The van der Waals surface area contributed by atoms with Gasteiger partial charge in [-0.3, -0.25) is 0 Å². The van der Waals surface area contributed by atoms with Gasteiger partial charge in [-0.1, -0.05) is 18.0 Å². The van der Waals surface area contributed by atoms with E-state index >= 15 is 0 Å². The van der Waals surface area contributed by atoms with E-state index in [1.165, 1.54) is 0 Å². The zero-order valence-electron chi connectivity index (χ0n) is 8.99. The largest absolute Gasteiger partial charge is 0.396 e. The molecule has 0 bridgehead atoms. The van der Waals surface area contributed by atoms with Gasteiger partial charge in [0.1, 0.15) is 5.15 Å². The average Bonchev–Trinajstić information content (AvgIpc) is 2.66. The second-order valence-electron chi connectivity index (χ2n) is 4.21. The van der Waals surface area contributed by atoms with Crippen molar-refractivity contribution >= 4 is 23.1 Å². The first-order valence-corrected chi connectivity index (χ1v) is 5.88. The van der Waals surface area contributed by atoms with Crippen LogP contribution < -0.4 is 11.1 Å². The Morgan fingerprint density at radius 3 is 3.00 bits per heavy atom. The van der Waals surface area contributed by atoms with Crippen molar-refractivity contribution in [1.82, 2.24) is 4.98 Å². The number of aliphatic hydroxyl groups excluding tert-OH is 1. The van der Waals surface area contributed by atoms with E-state index < -0.39 is 0 Å². The van der Waals surface area contributed by atoms with Crippen LogP contribution in [-0.4, -0.2) is 22.7 Å². The van der Waals surface area contributed by atoms with Gasteiger partial charge >= 0.3 is 0 Å². The summed E-state index contributed by atoms with van der Waals surface area (Å²) in [7, 11) is 0. The molecule has 0 amide bonds. The van der Waals surface area contributed by atoms with E-state index in [0.717, 1.165) is 19.3 Å². The summed E-state index contributed by atoms with van der Waals surface area (Å²) >= 11 is 5.78. The summed E-state index contributed by atoms with van der Waals surface area (Å²) in [4.78, 5) is 4.11. The van der Waals surface area contributed by atoms with Crippen molar-refractivity contribution < 1.29 is 5.11 Å². The van der Waals surface area contributed by atoms with Gasteiger partial charge in [-0.2, -0.15) is 0 Å². The van der Waals surface area contributed by atoms with Crippen molar-refractivity contribution in [2.75, 3.05) is 17.6 Å². The van der Waals surface area contributed by atoms with Crippen LogP contribution in [0.15, 0.2) is 12.1 Å². The van der Waals surface area contributed by atoms with Crippen molar-refractivity contribution in [3.05, 3.63) is 17.3 Å².